The first-order valence-electron chi connectivity index (χ1n) is 8.31. The molecule has 0 atom stereocenters. The van der Waals surface area contributed by atoms with Gasteiger partial charge in [-0.1, -0.05) is 12.1 Å². The summed E-state index contributed by atoms with van der Waals surface area (Å²) in [6.07, 6.45) is 0. The van der Waals surface area contributed by atoms with Gasteiger partial charge >= 0.3 is 0 Å². The van der Waals surface area contributed by atoms with Crippen molar-refractivity contribution in [3.8, 4) is 11.5 Å². The number of aromatic nitrogens is 1. The number of furan rings is 1. The van der Waals surface area contributed by atoms with E-state index in [2.05, 4.69) is 22.4 Å². The van der Waals surface area contributed by atoms with E-state index in [9.17, 15) is 4.79 Å². The van der Waals surface area contributed by atoms with E-state index in [1.807, 2.05) is 60.1 Å². The molecular weight excluding hydrogens is 384 g/mol. The van der Waals surface area contributed by atoms with E-state index in [1.54, 1.807) is 11.3 Å². The third kappa shape index (κ3) is 4.00. The maximum atomic E-state index is 12.4. The number of thioether (sulfide) groups is 2. The number of aryl methyl sites for hydroxylation is 1. The average molecular weight is 403 g/mol. The molecule has 2 aromatic heterocycles. The van der Waals surface area contributed by atoms with E-state index >= 15 is 0 Å². The second-order valence-corrected chi connectivity index (χ2v) is 9.68. The summed E-state index contributed by atoms with van der Waals surface area (Å²) >= 11 is 5.52. The molecule has 0 spiro atoms. The fraction of sp³-hybridized carbons (Fsp3) is 0.263. The van der Waals surface area contributed by atoms with Crippen molar-refractivity contribution in [2.45, 2.75) is 18.1 Å². The molecule has 7 heteroatoms. The van der Waals surface area contributed by atoms with Gasteiger partial charge in [0.15, 0.2) is 5.76 Å². The van der Waals surface area contributed by atoms with E-state index < -0.39 is 0 Å². The summed E-state index contributed by atoms with van der Waals surface area (Å²) in [5, 5.41) is 5.89. The van der Waals surface area contributed by atoms with Gasteiger partial charge in [-0.05, 0) is 36.8 Å². The highest BCUT2D eigenvalue weighted by atomic mass is 32.2. The molecule has 134 valence electrons. The van der Waals surface area contributed by atoms with Crippen LogP contribution >= 0.6 is 34.9 Å². The van der Waals surface area contributed by atoms with Crippen molar-refractivity contribution in [2.75, 3.05) is 11.5 Å². The Morgan fingerprint density at radius 3 is 2.65 bits per heavy atom. The number of carbonyl (C=O) groups excluding carboxylic acids is 1. The molecule has 1 aromatic carbocycles. The lowest BCUT2D eigenvalue weighted by Crippen LogP contribution is -2.22. The van der Waals surface area contributed by atoms with Gasteiger partial charge in [-0.25, -0.2) is 4.98 Å². The maximum absolute atomic E-state index is 12.4. The molecule has 1 amide bonds. The number of benzene rings is 1. The Kier molecular flexibility index (Phi) is 5.38. The van der Waals surface area contributed by atoms with Crippen LogP contribution in [0, 0.1) is 6.92 Å². The van der Waals surface area contributed by atoms with Crippen LogP contribution in [0.5, 0.6) is 0 Å². The maximum Gasteiger partial charge on any atom is 0.251 e. The molecule has 0 bridgehead atoms. The standard InChI is InChI=1S/C19H18N2O2S3/c1-12-21-16(11-26-12)17-7-6-15(23-17)10-20-18(22)13-2-4-14(5-3-13)19-24-8-9-25-19/h2-7,11,19H,8-10H2,1H3,(H,20,22). The molecular formula is C19H18N2O2S3. The first-order valence-corrected chi connectivity index (χ1v) is 11.3. The topological polar surface area (TPSA) is 55.1 Å². The van der Waals surface area contributed by atoms with Crippen LogP contribution in [0.25, 0.3) is 11.5 Å². The number of hydrogen-bond donors (Lipinski definition) is 1. The van der Waals surface area contributed by atoms with Crippen molar-refractivity contribution in [1.82, 2.24) is 10.3 Å². The molecule has 0 saturated carbocycles. The van der Waals surface area contributed by atoms with Crippen LogP contribution in [0.3, 0.4) is 0 Å². The van der Waals surface area contributed by atoms with Crippen LogP contribution in [-0.2, 0) is 6.54 Å². The third-order valence-corrected chi connectivity index (χ3v) is 7.90. The van der Waals surface area contributed by atoms with Crippen LogP contribution in [0.2, 0.25) is 0 Å². The van der Waals surface area contributed by atoms with Gasteiger partial charge in [0.1, 0.15) is 11.5 Å². The van der Waals surface area contributed by atoms with Crippen molar-refractivity contribution in [3.05, 3.63) is 63.7 Å². The first kappa shape index (κ1) is 17.7. The molecule has 1 aliphatic rings. The minimum absolute atomic E-state index is 0.0919. The minimum atomic E-state index is -0.0919. The van der Waals surface area contributed by atoms with Gasteiger partial charge in [0, 0.05) is 22.4 Å². The van der Waals surface area contributed by atoms with Crippen LogP contribution in [0.15, 0.2) is 46.2 Å². The Bertz CT molecular complexity index is 896. The second-order valence-electron chi connectivity index (χ2n) is 5.90. The van der Waals surface area contributed by atoms with Crippen LogP contribution in [-0.4, -0.2) is 22.4 Å². The third-order valence-electron chi connectivity index (χ3n) is 4.02. The summed E-state index contributed by atoms with van der Waals surface area (Å²) in [4.78, 5) is 16.8. The number of hydrogen-bond acceptors (Lipinski definition) is 6. The molecule has 1 fully saturated rings. The molecule has 1 saturated heterocycles. The predicted octanol–water partition coefficient (Wildman–Crippen LogP) is 5.12. The Morgan fingerprint density at radius 2 is 1.96 bits per heavy atom. The minimum Gasteiger partial charge on any atom is -0.458 e. The van der Waals surface area contributed by atoms with E-state index in [1.165, 1.54) is 17.1 Å². The van der Waals surface area contributed by atoms with E-state index in [0.29, 0.717) is 16.7 Å². The zero-order valence-electron chi connectivity index (χ0n) is 14.2. The average Bonchev–Trinajstić information content (AvgIpc) is 3.41. The summed E-state index contributed by atoms with van der Waals surface area (Å²) in [6, 6.07) is 11.7. The molecule has 3 aromatic rings. The van der Waals surface area contributed by atoms with Gasteiger partial charge in [-0.15, -0.1) is 34.9 Å². The number of nitrogens with zero attached hydrogens (tertiary/aromatic N) is 1. The Hall–Kier alpha value is -1.70. The van der Waals surface area contributed by atoms with Crippen LogP contribution in [0.1, 0.15) is 31.3 Å². The van der Waals surface area contributed by atoms with Crippen molar-refractivity contribution in [2.24, 2.45) is 0 Å². The Balaban J connectivity index is 1.35. The lowest BCUT2D eigenvalue weighted by Gasteiger charge is -2.09. The van der Waals surface area contributed by atoms with Crippen molar-refractivity contribution in [3.63, 3.8) is 0 Å². The van der Waals surface area contributed by atoms with Crippen molar-refractivity contribution >= 4 is 40.8 Å². The van der Waals surface area contributed by atoms with E-state index in [4.69, 9.17) is 4.42 Å². The molecule has 0 unspecified atom stereocenters. The summed E-state index contributed by atoms with van der Waals surface area (Å²) in [5.74, 6) is 3.75. The van der Waals surface area contributed by atoms with E-state index in [-0.39, 0.29) is 5.91 Å². The van der Waals surface area contributed by atoms with Gasteiger partial charge in [0.25, 0.3) is 5.91 Å². The van der Waals surface area contributed by atoms with Crippen molar-refractivity contribution < 1.29 is 9.21 Å². The lowest BCUT2D eigenvalue weighted by molar-refractivity contribution is 0.0948. The summed E-state index contributed by atoms with van der Waals surface area (Å²) in [5.41, 5.74) is 2.79. The zero-order valence-corrected chi connectivity index (χ0v) is 16.7. The molecule has 4 rings (SSSR count). The summed E-state index contributed by atoms with van der Waals surface area (Å²) in [7, 11) is 0. The quantitative estimate of drug-likeness (QED) is 0.642. The SMILES string of the molecule is Cc1nc(-c2ccc(CNC(=O)c3ccc(C4SCCS4)cc3)o2)cs1. The molecule has 0 aliphatic carbocycles. The normalized spacial score (nSPS) is 14.7. The smallest absolute Gasteiger partial charge is 0.251 e. The Morgan fingerprint density at radius 1 is 1.19 bits per heavy atom. The highest BCUT2D eigenvalue weighted by Gasteiger charge is 2.18. The van der Waals surface area contributed by atoms with E-state index in [0.717, 1.165) is 22.2 Å². The molecule has 1 aliphatic heterocycles. The number of rotatable bonds is 5. The van der Waals surface area contributed by atoms with Crippen LogP contribution in [0.4, 0.5) is 0 Å². The molecule has 26 heavy (non-hydrogen) atoms. The number of amides is 1. The fourth-order valence-electron chi connectivity index (χ4n) is 2.70. The first-order chi connectivity index (χ1) is 12.7. The highest BCUT2D eigenvalue weighted by Crippen LogP contribution is 2.45. The molecule has 4 nitrogen and oxygen atoms in total. The highest BCUT2D eigenvalue weighted by molar-refractivity contribution is 8.19. The molecule has 1 N–H and O–H groups in total. The molecule has 0 radical (unpaired) electrons. The summed E-state index contributed by atoms with van der Waals surface area (Å²) < 4.78 is 6.28. The largest absolute Gasteiger partial charge is 0.458 e. The monoisotopic (exact) mass is 402 g/mol. The number of nitrogens with one attached hydrogen (secondary N) is 1. The van der Waals surface area contributed by atoms with Gasteiger partial charge in [0.05, 0.1) is 16.1 Å². The summed E-state index contributed by atoms with van der Waals surface area (Å²) in [6.45, 7) is 2.33. The zero-order chi connectivity index (χ0) is 17.9. The van der Waals surface area contributed by atoms with Gasteiger partial charge in [0.2, 0.25) is 0 Å². The van der Waals surface area contributed by atoms with Gasteiger partial charge in [-0.3, -0.25) is 4.79 Å². The lowest BCUT2D eigenvalue weighted by atomic mass is 10.1. The fourth-order valence-corrected chi connectivity index (χ4v) is 6.16. The molecule has 3 heterocycles. The van der Waals surface area contributed by atoms with Gasteiger partial charge in [-0.2, -0.15) is 0 Å². The van der Waals surface area contributed by atoms with Crippen LogP contribution < -0.4 is 5.32 Å². The van der Waals surface area contributed by atoms with Crippen molar-refractivity contribution in [1.29, 1.82) is 0 Å². The predicted molar refractivity (Wildman–Crippen MR) is 110 cm³/mol. The van der Waals surface area contributed by atoms with Gasteiger partial charge < -0.3 is 9.73 Å². The second kappa shape index (κ2) is 7.90. The Labute approximate surface area is 164 Å². The number of carbonyl (C=O) groups is 1. The number of thiazole rings is 1.